The molecule has 1 aromatic carbocycles. The van der Waals surface area contributed by atoms with Crippen LogP contribution in [0, 0.1) is 0 Å². The van der Waals surface area contributed by atoms with E-state index in [9.17, 15) is 5.11 Å². The number of nitrogens with zero attached hydrogens (tertiary/aromatic N) is 1. The lowest BCUT2D eigenvalue weighted by molar-refractivity contribution is 0.215. The number of hydrogen-bond donors (Lipinski definition) is 1. The zero-order chi connectivity index (χ0) is 13.0. The second-order valence-corrected chi connectivity index (χ2v) is 4.43. The maximum Gasteiger partial charge on any atom is 0.138 e. The molecule has 1 heterocycles. The van der Waals surface area contributed by atoms with Gasteiger partial charge in [-0.25, -0.2) is 0 Å². The molecule has 1 atom stereocenters. The minimum atomic E-state index is -0.672. The van der Waals surface area contributed by atoms with Gasteiger partial charge in [0.1, 0.15) is 11.9 Å². The van der Waals surface area contributed by atoms with Gasteiger partial charge in [-0.15, -0.1) is 0 Å². The number of pyridine rings is 1. The molecule has 18 heavy (non-hydrogen) atoms. The molecule has 0 aliphatic carbocycles. The Morgan fingerprint density at radius 3 is 2.44 bits per heavy atom. The summed E-state index contributed by atoms with van der Waals surface area (Å²) in [7, 11) is 0. The van der Waals surface area contributed by atoms with Crippen molar-refractivity contribution in [1.82, 2.24) is 4.98 Å². The summed E-state index contributed by atoms with van der Waals surface area (Å²) in [6.45, 7) is 3.92. The summed E-state index contributed by atoms with van der Waals surface area (Å²) in [6, 6.07) is 11.3. The quantitative estimate of drug-likeness (QED) is 0.897. The highest BCUT2D eigenvalue weighted by atomic mass is 16.5. The van der Waals surface area contributed by atoms with E-state index in [2.05, 4.69) is 4.98 Å². The molecule has 94 valence electrons. The number of aliphatic hydroxyl groups excluding tert-OH is 1. The molecule has 1 aromatic heterocycles. The van der Waals surface area contributed by atoms with Crippen LogP contribution in [-0.4, -0.2) is 16.2 Å². The molecule has 0 saturated carbocycles. The van der Waals surface area contributed by atoms with Crippen LogP contribution in [0.2, 0.25) is 0 Å². The Bertz CT molecular complexity index is 497. The summed E-state index contributed by atoms with van der Waals surface area (Å²) in [5, 5.41) is 10.3. The maximum absolute atomic E-state index is 10.3. The molecule has 0 amide bonds. The van der Waals surface area contributed by atoms with Crippen LogP contribution >= 0.6 is 0 Å². The first-order valence-electron chi connectivity index (χ1n) is 6.01. The summed E-state index contributed by atoms with van der Waals surface area (Å²) in [6.07, 6.45) is 2.73. The second kappa shape index (κ2) is 5.65. The predicted octanol–water partition coefficient (Wildman–Crippen LogP) is 2.95. The highest BCUT2D eigenvalue weighted by Gasteiger charge is 2.11. The SMILES string of the molecule is CC(C)Oc1cncc(C(O)c2ccccc2)c1. The van der Waals surface area contributed by atoms with Crippen molar-refractivity contribution in [3.8, 4) is 5.75 Å². The standard InChI is InChI=1S/C15H17NO2/c1-11(2)18-14-8-13(9-16-10-14)15(17)12-6-4-3-5-7-12/h3-11,15,17H,1-2H3. The smallest absolute Gasteiger partial charge is 0.138 e. The molecule has 3 nitrogen and oxygen atoms in total. The van der Waals surface area contributed by atoms with Gasteiger partial charge in [-0.1, -0.05) is 30.3 Å². The summed E-state index contributed by atoms with van der Waals surface area (Å²) < 4.78 is 5.57. The van der Waals surface area contributed by atoms with Crippen LogP contribution in [0.5, 0.6) is 5.75 Å². The van der Waals surface area contributed by atoms with Crippen molar-refractivity contribution in [3.05, 3.63) is 59.9 Å². The zero-order valence-electron chi connectivity index (χ0n) is 10.6. The molecule has 0 saturated heterocycles. The third kappa shape index (κ3) is 3.08. The molecule has 0 radical (unpaired) electrons. The highest BCUT2D eigenvalue weighted by molar-refractivity contribution is 5.32. The summed E-state index contributed by atoms with van der Waals surface area (Å²) in [4.78, 5) is 4.10. The summed E-state index contributed by atoms with van der Waals surface area (Å²) in [5.41, 5.74) is 1.58. The lowest BCUT2D eigenvalue weighted by Crippen LogP contribution is -2.07. The first-order valence-corrected chi connectivity index (χ1v) is 6.01. The average molecular weight is 243 g/mol. The Kier molecular flexibility index (Phi) is 3.95. The summed E-state index contributed by atoms with van der Waals surface area (Å²) in [5.74, 6) is 0.678. The van der Waals surface area contributed by atoms with E-state index in [1.165, 1.54) is 0 Å². The Hall–Kier alpha value is -1.87. The third-order valence-corrected chi connectivity index (χ3v) is 2.54. The Labute approximate surface area is 107 Å². The van der Waals surface area contributed by atoms with Gasteiger partial charge < -0.3 is 9.84 Å². The molecular weight excluding hydrogens is 226 g/mol. The van der Waals surface area contributed by atoms with E-state index in [1.807, 2.05) is 50.2 Å². The van der Waals surface area contributed by atoms with Gasteiger partial charge in [0.15, 0.2) is 0 Å². The van der Waals surface area contributed by atoms with Crippen molar-refractivity contribution < 1.29 is 9.84 Å². The van der Waals surface area contributed by atoms with E-state index < -0.39 is 6.10 Å². The van der Waals surface area contributed by atoms with Crippen molar-refractivity contribution in [2.75, 3.05) is 0 Å². The van der Waals surface area contributed by atoms with Gasteiger partial charge >= 0.3 is 0 Å². The molecule has 0 spiro atoms. The fourth-order valence-electron chi connectivity index (χ4n) is 1.75. The van der Waals surface area contributed by atoms with Gasteiger partial charge in [-0.3, -0.25) is 4.98 Å². The number of benzene rings is 1. The number of hydrogen-bond acceptors (Lipinski definition) is 3. The van der Waals surface area contributed by atoms with Crippen LogP contribution in [0.1, 0.15) is 31.1 Å². The fraction of sp³-hybridized carbons (Fsp3) is 0.267. The fourth-order valence-corrected chi connectivity index (χ4v) is 1.75. The number of aliphatic hydroxyl groups is 1. The minimum absolute atomic E-state index is 0.0934. The monoisotopic (exact) mass is 243 g/mol. The molecule has 1 unspecified atom stereocenters. The van der Waals surface area contributed by atoms with Crippen molar-refractivity contribution in [1.29, 1.82) is 0 Å². The molecule has 0 bridgehead atoms. The van der Waals surface area contributed by atoms with Gasteiger partial charge in [0.2, 0.25) is 0 Å². The van der Waals surface area contributed by atoms with Crippen LogP contribution in [-0.2, 0) is 0 Å². The molecule has 2 rings (SSSR count). The van der Waals surface area contributed by atoms with Crippen molar-refractivity contribution in [2.24, 2.45) is 0 Å². The lowest BCUT2D eigenvalue weighted by atomic mass is 10.0. The van der Waals surface area contributed by atoms with Crippen molar-refractivity contribution in [2.45, 2.75) is 26.1 Å². The largest absolute Gasteiger partial charge is 0.489 e. The minimum Gasteiger partial charge on any atom is -0.489 e. The number of aromatic nitrogens is 1. The molecular formula is C15H17NO2. The van der Waals surface area contributed by atoms with Crippen LogP contribution in [0.15, 0.2) is 48.8 Å². The third-order valence-electron chi connectivity index (χ3n) is 2.54. The molecule has 2 aromatic rings. The molecule has 1 N–H and O–H groups in total. The van der Waals surface area contributed by atoms with E-state index in [4.69, 9.17) is 4.74 Å². The first-order chi connectivity index (χ1) is 8.66. The molecule has 0 fully saturated rings. The van der Waals surface area contributed by atoms with Crippen molar-refractivity contribution >= 4 is 0 Å². The Balaban J connectivity index is 2.23. The van der Waals surface area contributed by atoms with E-state index in [-0.39, 0.29) is 6.10 Å². The average Bonchev–Trinajstić information content (AvgIpc) is 2.38. The van der Waals surface area contributed by atoms with Gasteiger partial charge in [-0.2, -0.15) is 0 Å². The van der Waals surface area contributed by atoms with Crippen LogP contribution in [0.3, 0.4) is 0 Å². The van der Waals surface area contributed by atoms with Gasteiger partial charge in [-0.05, 0) is 25.5 Å². The second-order valence-electron chi connectivity index (χ2n) is 4.43. The lowest BCUT2D eigenvalue weighted by Gasteiger charge is -2.14. The number of rotatable bonds is 4. The topological polar surface area (TPSA) is 42.4 Å². The molecule has 0 aliphatic rings. The molecule has 0 aliphatic heterocycles. The van der Waals surface area contributed by atoms with Gasteiger partial charge in [0.25, 0.3) is 0 Å². The first kappa shape index (κ1) is 12.6. The predicted molar refractivity (Wildman–Crippen MR) is 70.5 cm³/mol. The summed E-state index contributed by atoms with van der Waals surface area (Å²) >= 11 is 0. The van der Waals surface area contributed by atoms with E-state index >= 15 is 0 Å². The van der Waals surface area contributed by atoms with E-state index in [0.717, 1.165) is 11.1 Å². The van der Waals surface area contributed by atoms with Crippen molar-refractivity contribution in [3.63, 3.8) is 0 Å². The van der Waals surface area contributed by atoms with Crippen LogP contribution in [0.4, 0.5) is 0 Å². The highest BCUT2D eigenvalue weighted by Crippen LogP contribution is 2.24. The van der Waals surface area contributed by atoms with Crippen LogP contribution < -0.4 is 4.74 Å². The van der Waals surface area contributed by atoms with Gasteiger partial charge in [0.05, 0.1) is 12.3 Å². The normalized spacial score (nSPS) is 12.4. The maximum atomic E-state index is 10.3. The zero-order valence-corrected chi connectivity index (χ0v) is 10.6. The van der Waals surface area contributed by atoms with Crippen LogP contribution in [0.25, 0.3) is 0 Å². The number of ether oxygens (including phenoxy) is 1. The Morgan fingerprint density at radius 1 is 1.06 bits per heavy atom. The van der Waals surface area contributed by atoms with E-state index in [0.29, 0.717) is 5.75 Å². The Morgan fingerprint density at radius 2 is 1.78 bits per heavy atom. The molecule has 3 heteroatoms. The van der Waals surface area contributed by atoms with E-state index in [1.54, 1.807) is 12.4 Å². The van der Waals surface area contributed by atoms with Gasteiger partial charge in [0, 0.05) is 11.8 Å².